The van der Waals surface area contributed by atoms with Crippen molar-refractivity contribution in [1.29, 1.82) is 0 Å². The summed E-state index contributed by atoms with van der Waals surface area (Å²) in [4.78, 5) is 1.52. The molecular weight excluding hydrogens is 525 g/mol. The van der Waals surface area contributed by atoms with Crippen LogP contribution in [0.2, 0.25) is 0 Å². The second kappa shape index (κ2) is 17.1. The van der Waals surface area contributed by atoms with Gasteiger partial charge >= 0.3 is 34.5 Å². The van der Waals surface area contributed by atoms with Crippen molar-refractivity contribution in [2.45, 2.75) is 82.1 Å². The van der Waals surface area contributed by atoms with Gasteiger partial charge < -0.3 is 0 Å². The van der Waals surface area contributed by atoms with Crippen molar-refractivity contribution >= 4 is 38.8 Å². The summed E-state index contributed by atoms with van der Waals surface area (Å²) in [5.74, 6) is 0. The average molecular weight is 560 g/mol. The number of hydrogen-bond acceptors (Lipinski definition) is 2. The summed E-state index contributed by atoms with van der Waals surface area (Å²) < 4.78 is 0. The minimum absolute atomic E-state index is 0.0549. The molecular formula is C23H34Cl2NPRuS. The normalized spacial score (nSPS) is 17.9. The van der Waals surface area contributed by atoms with E-state index in [0.717, 1.165) is 17.9 Å². The first-order valence-corrected chi connectivity index (χ1v) is 17.6. The Bertz CT molecular complexity index is 545. The van der Waals surface area contributed by atoms with Crippen LogP contribution in [0.15, 0.2) is 53.9 Å². The molecule has 164 valence electrons. The number of halogens is 2. The Morgan fingerprint density at radius 3 is 1.62 bits per heavy atom. The van der Waals surface area contributed by atoms with Crippen LogP contribution in [-0.4, -0.2) is 11.3 Å². The summed E-state index contributed by atoms with van der Waals surface area (Å²) in [6.07, 6.45) is 14.9. The van der Waals surface area contributed by atoms with Crippen molar-refractivity contribution in [3.05, 3.63) is 58.8 Å². The molecule has 0 radical (unpaired) electrons. The molecule has 1 heterocycles. The van der Waals surface area contributed by atoms with Gasteiger partial charge in [-0.25, -0.2) is 0 Å². The van der Waals surface area contributed by atoms with E-state index in [-0.39, 0.29) is 23.2 Å². The Balaban J connectivity index is 0.000000278. The van der Waals surface area contributed by atoms with Gasteiger partial charge in [0.1, 0.15) is 0 Å². The van der Waals surface area contributed by atoms with Gasteiger partial charge in [-0.2, -0.15) is 0 Å². The molecule has 29 heavy (non-hydrogen) atoms. The molecule has 0 saturated heterocycles. The summed E-state index contributed by atoms with van der Waals surface area (Å²) in [7, 11) is 9.76. The molecule has 0 bridgehead atoms. The summed E-state index contributed by atoms with van der Waals surface area (Å²) in [5, 5.41) is 6.25. The number of nitrogens with one attached hydrogen (secondary N) is 1. The first kappa shape index (κ1) is 25.8. The van der Waals surface area contributed by atoms with Crippen LogP contribution in [-0.2, 0) is 21.7 Å². The molecule has 1 aromatic heterocycles. The zero-order valence-corrected chi connectivity index (χ0v) is 22.1. The quantitative estimate of drug-likeness (QED) is 0.285. The minimum atomic E-state index is -0.346. The number of hydrogen-bond donors (Lipinski definition) is 1. The number of thiophene rings is 1. The van der Waals surface area contributed by atoms with Crippen molar-refractivity contribution in [2.24, 2.45) is 0 Å². The summed E-state index contributed by atoms with van der Waals surface area (Å²) in [6, 6.07) is 16.5. The molecule has 2 saturated carbocycles. The molecule has 2 aromatic rings. The Kier molecular flexibility index (Phi) is 15.2. The van der Waals surface area contributed by atoms with Crippen LogP contribution in [0.25, 0.3) is 0 Å². The Morgan fingerprint density at radius 2 is 1.24 bits per heavy atom. The van der Waals surface area contributed by atoms with Gasteiger partial charge in [0.05, 0.1) is 0 Å². The molecule has 0 spiro atoms. The van der Waals surface area contributed by atoms with Crippen LogP contribution < -0.4 is 5.09 Å². The molecule has 0 unspecified atom stereocenters. The molecule has 0 aliphatic heterocycles. The molecule has 4 rings (SSSR count). The van der Waals surface area contributed by atoms with E-state index in [1.807, 2.05) is 47.7 Å². The van der Waals surface area contributed by atoms with Gasteiger partial charge in [0.15, 0.2) is 0 Å². The molecule has 1 nitrogen and oxygen atoms in total. The van der Waals surface area contributed by atoms with E-state index in [9.17, 15) is 0 Å². The van der Waals surface area contributed by atoms with Gasteiger partial charge in [-0.1, -0.05) is 81.0 Å². The van der Waals surface area contributed by atoms with Crippen LogP contribution in [0.5, 0.6) is 0 Å². The van der Waals surface area contributed by atoms with Crippen LogP contribution >= 0.6 is 38.8 Å². The molecule has 2 fully saturated rings. The monoisotopic (exact) mass is 559 g/mol. The zero-order valence-electron chi connectivity index (χ0n) is 17.1. The number of benzene rings is 1. The van der Waals surface area contributed by atoms with E-state index in [2.05, 4.69) is 22.6 Å². The van der Waals surface area contributed by atoms with Gasteiger partial charge in [0.2, 0.25) is 0 Å². The maximum Gasteiger partial charge on any atom is 0.0336 e. The van der Waals surface area contributed by atoms with Crippen molar-refractivity contribution in [3.63, 3.8) is 0 Å². The van der Waals surface area contributed by atoms with E-state index >= 15 is 0 Å². The maximum atomic E-state index is 4.85. The van der Waals surface area contributed by atoms with Crippen LogP contribution in [0, 0.1) is 0 Å². The van der Waals surface area contributed by atoms with E-state index in [1.165, 1.54) is 69.1 Å². The maximum absolute atomic E-state index is 4.85. The fraction of sp³-hybridized carbons (Fsp3) is 0.565. The summed E-state index contributed by atoms with van der Waals surface area (Å²) in [6.45, 7) is 1.12. The minimum Gasteiger partial charge on any atom is -0.290 e. The van der Waals surface area contributed by atoms with Crippen molar-refractivity contribution in [3.8, 4) is 0 Å². The van der Waals surface area contributed by atoms with Gasteiger partial charge in [0, 0.05) is 11.4 Å². The standard InChI is InChI=1S/C17H28NPS.C6H6.2ClH.Ru/c1-3-8-15(9-4-1)19(16-10-5-2-6-11-16)18-14-17-12-7-13-20-17;1-2-4-6-5-3-1;;;/h7,12-13,15-16,18H,1-6,8-11,14H2;1-6H;2*1H;/q;;;;+2/p-2. The van der Waals surface area contributed by atoms with Crippen molar-refractivity contribution < 1.29 is 15.1 Å². The molecule has 0 amide bonds. The van der Waals surface area contributed by atoms with Crippen LogP contribution in [0.3, 0.4) is 0 Å². The summed E-state index contributed by atoms with van der Waals surface area (Å²) in [5.41, 5.74) is 2.03. The molecule has 0 atom stereocenters. The first-order chi connectivity index (χ1) is 14.3. The van der Waals surface area contributed by atoms with Crippen LogP contribution in [0.1, 0.15) is 69.1 Å². The van der Waals surface area contributed by atoms with Gasteiger partial charge in [-0.15, -0.1) is 11.3 Å². The fourth-order valence-electron chi connectivity index (χ4n) is 4.24. The molecule has 6 heteroatoms. The topological polar surface area (TPSA) is 12.0 Å². The Morgan fingerprint density at radius 1 is 0.793 bits per heavy atom. The summed E-state index contributed by atoms with van der Waals surface area (Å²) >= 11 is 1.56. The van der Waals surface area contributed by atoms with E-state index in [1.54, 1.807) is 0 Å². The van der Waals surface area contributed by atoms with Crippen LogP contribution in [0.4, 0.5) is 0 Å². The molecule has 1 N–H and O–H groups in total. The second-order valence-electron chi connectivity index (χ2n) is 7.61. The van der Waals surface area contributed by atoms with Gasteiger partial charge in [-0.3, -0.25) is 5.09 Å². The second-order valence-corrected chi connectivity index (χ2v) is 13.9. The van der Waals surface area contributed by atoms with E-state index < -0.39 is 0 Å². The molecule has 2 aliphatic rings. The largest absolute Gasteiger partial charge is 0.290 e. The molecule has 2 aliphatic carbocycles. The molecule has 1 aromatic carbocycles. The smallest absolute Gasteiger partial charge is 0.0336 e. The Labute approximate surface area is 198 Å². The van der Waals surface area contributed by atoms with Gasteiger partial charge in [-0.05, 0) is 56.5 Å². The number of rotatable bonds is 5. The zero-order chi connectivity index (χ0) is 20.6. The third kappa shape index (κ3) is 11.1. The predicted octanol–water partition coefficient (Wildman–Crippen LogP) is 8.96. The third-order valence-electron chi connectivity index (χ3n) is 5.62. The Hall–Kier alpha value is 0.513. The SMILES string of the molecule is [Cl][Ru][Cl].c1ccccc1.c1csc(CNP(C2CCCCC2)C2CCCCC2)c1. The van der Waals surface area contributed by atoms with Crippen molar-refractivity contribution in [1.82, 2.24) is 5.09 Å². The predicted molar refractivity (Wildman–Crippen MR) is 130 cm³/mol. The van der Waals surface area contributed by atoms with E-state index in [0.29, 0.717) is 0 Å². The van der Waals surface area contributed by atoms with E-state index in [4.69, 9.17) is 19.4 Å². The fourth-order valence-corrected chi connectivity index (χ4v) is 8.30. The first-order valence-electron chi connectivity index (χ1n) is 10.7. The van der Waals surface area contributed by atoms with Gasteiger partial charge in [0.25, 0.3) is 0 Å². The van der Waals surface area contributed by atoms with Crippen molar-refractivity contribution in [2.75, 3.05) is 0 Å². The third-order valence-corrected chi connectivity index (χ3v) is 9.62. The average Bonchev–Trinajstić information content (AvgIpc) is 3.31.